The average Bonchev–Trinajstić information content (AvgIpc) is 2.38. The Hall–Kier alpha value is -1.61. The second-order valence-corrected chi connectivity index (χ2v) is 5.98. The molecule has 1 amide bonds. The molecule has 2 rings (SSSR count). The lowest BCUT2D eigenvalue weighted by atomic mass is 10.0. The first-order chi connectivity index (χ1) is 9.45. The summed E-state index contributed by atoms with van der Waals surface area (Å²) in [4.78, 5) is 12.1. The second-order valence-electron chi connectivity index (χ2n) is 5.13. The number of aryl methyl sites for hydroxylation is 3. The fraction of sp³-hybridized carbons (Fsp3) is 0.235. The highest BCUT2D eigenvalue weighted by Gasteiger charge is 2.07. The largest absolute Gasteiger partial charge is 0.325 e. The number of anilines is 1. The van der Waals surface area contributed by atoms with E-state index in [-0.39, 0.29) is 5.91 Å². The summed E-state index contributed by atoms with van der Waals surface area (Å²) in [6.45, 7) is 6.14. The zero-order valence-electron chi connectivity index (χ0n) is 12.0. The van der Waals surface area contributed by atoms with Gasteiger partial charge in [0.15, 0.2) is 0 Å². The molecule has 20 heavy (non-hydrogen) atoms. The number of benzene rings is 2. The third-order valence-electron chi connectivity index (χ3n) is 3.33. The van der Waals surface area contributed by atoms with Crippen LogP contribution in [0, 0.1) is 20.8 Å². The van der Waals surface area contributed by atoms with E-state index in [1.165, 1.54) is 11.1 Å². The van der Waals surface area contributed by atoms with Crippen LogP contribution in [-0.4, -0.2) is 5.91 Å². The number of hydrogen-bond acceptors (Lipinski definition) is 1. The van der Waals surface area contributed by atoms with E-state index in [2.05, 4.69) is 47.2 Å². The van der Waals surface area contributed by atoms with Crippen LogP contribution in [0.1, 0.15) is 22.3 Å². The Morgan fingerprint density at radius 1 is 1.05 bits per heavy atom. The molecule has 2 aromatic carbocycles. The molecule has 0 spiro atoms. The summed E-state index contributed by atoms with van der Waals surface area (Å²) in [7, 11) is 0. The van der Waals surface area contributed by atoms with Crippen LogP contribution in [-0.2, 0) is 11.2 Å². The van der Waals surface area contributed by atoms with Gasteiger partial charge in [-0.2, -0.15) is 0 Å². The molecule has 0 unspecified atom stereocenters. The average molecular weight is 332 g/mol. The molecule has 0 saturated carbocycles. The third-order valence-corrected chi connectivity index (χ3v) is 4.02. The van der Waals surface area contributed by atoms with Gasteiger partial charge in [-0.15, -0.1) is 0 Å². The molecule has 0 heterocycles. The molecular weight excluding hydrogens is 314 g/mol. The quantitative estimate of drug-likeness (QED) is 0.877. The number of hydrogen-bond donors (Lipinski definition) is 1. The summed E-state index contributed by atoms with van der Waals surface area (Å²) >= 11 is 3.45. The van der Waals surface area contributed by atoms with Crippen LogP contribution >= 0.6 is 15.9 Å². The number of amides is 1. The van der Waals surface area contributed by atoms with Crippen LogP contribution in [0.2, 0.25) is 0 Å². The molecule has 0 bridgehead atoms. The first-order valence-corrected chi connectivity index (χ1v) is 7.37. The number of rotatable bonds is 3. The smallest absolute Gasteiger partial charge is 0.228 e. The van der Waals surface area contributed by atoms with E-state index in [4.69, 9.17) is 0 Å². The van der Waals surface area contributed by atoms with Gasteiger partial charge in [0.05, 0.1) is 12.1 Å². The summed E-state index contributed by atoms with van der Waals surface area (Å²) < 4.78 is 0.900. The minimum Gasteiger partial charge on any atom is -0.325 e. The number of carbonyl (C=O) groups is 1. The van der Waals surface area contributed by atoms with E-state index in [0.717, 1.165) is 21.3 Å². The molecule has 3 heteroatoms. The van der Waals surface area contributed by atoms with Crippen molar-refractivity contribution in [3.8, 4) is 0 Å². The normalized spacial score (nSPS) is 10.4. The van der Waals surface area contributed by atoms with Crippen LogP contribution in [0.4, 0.5) is 5.69 Å². The molecule has 0 fully saturated rings. The first kappa shape index (κ1) is 14.8. The van der Waals surface area contributed by atoms with Gasteiger partial charge in [-0.1, -0.05) is 24.3 Å². The Morgan fingerprint density at radius 3 is 2.50 bits per heavy atom. The SMILES string of the molecule is Cc1ccc(Br)c(NC(=O)Cc2ccc(C)c(C)c2)c1. The van der Waals surface area contributed by atoms with Gasteiger partial charge in [0.1, 0.15) is 0 Å². The van der Waals surface area contributed by atoms with E-state index < -0.39 is 0 Å². The van der Waals surface area contributed by atoms with Crippen molar-refractivity contribution in [3.63, 3.8) is 0 Å². The third kappa shape index (κ3) is 3.70. The minimum absolute atomic E-state index is 0.000414. The van der Waals surface area contributed by atoms with Crippen molar-refractivity contribution in [3.05, 3.63) is 63.1 Å². The van der Waals surface area contributed by atoms with Gasteiger partial charge in [0.25, 0.3) is 0 Å². The molecule has 2 aromatic rings. The minimum atomic E-state index is -0.000414. The molecule has 0 saturated heterocycles. The summed E-state index contributed by atoms with van der Waals surface area (Å²) in [6.07, 6.45) is 0.390. The van der Waals surface area contributed by atoms with Crippen LogP contribution in [0.5, 0.6) is 0 Å². The van der Waals surface area contributed by atoms with Crippen molar-refractivity contribution in [2.75, 3.05) is 5.32 Å². The Morgan fingerprint density at radius 2 is 1.80 bits per heavy atom. The van der Waals surface area contributed by atoms with Gasteiger partial charge in [-0.05, 0) is 71.1 Å². The van der Waals surface area contributed by atoms with Gasteiger partial charge in [-0.3, -0.25) is 4.79 Å². The predicted molar refractivity (Wildman–Crippen MR) is 87.1 cm³/mol. The molecule has 1 N–H and O–H groups in total. The van der Waals surface area contributed by atoms with E-state index in [9.17, 15) is 4.79 Å². The number of nitrogens with one attached hydrogen (secondary N) is 1. The summed E-state index contributed by atoms with van der Waals surface area (Å²) in [5, 5.41) is 2.95. The first-order valence-electron chi connectivity index (χ1n) is 6.58. The molecule has 0 aliphatic rings. The molecule has 0 aromatic heterocycles. The summed E-state index contributed by atoms with van der Waals surface area (Å²) in [6, 6.07) is 12.0. The van der Waals surface area contributed by atoms with Crippen molar-refractivity contribution >= 4 is 27.5 Å². The van der Waals surface area contributed by atoms with Gasteiger partial charge < -0.3 is 5.32 Å². The van der Waals surface area contributed by atoms with Crippen LogP contribution in [0.3, 0.4) is 0 Å². The number of halogens is 1. The van der Waals surface area contributed by atoms with Gasteiger partial charge in [0, 0.05) is 4.47 Å². The van der Waals surface area contributed by atoms with E-state index in [0.29, 0.717) is 6.42 Å². The molecule has 2 nitrogen and oxygen atoms in total. The lowest BCUT2D eigenvalue weighted by molar-refractivity contribution is -0.115. The van der Waals surface area contributed by atoms with E-state index in [1.807, 2.05) is 31.2 Å². The van der Waals surface area contributed by atoms with E-state index >= 15 is 0 Å². The Kier molecular flexibility index (Phi) is 4.61. The maximum absolute atomic E-state index is 12.1. The Balaban J connectivity index is 2.09. The lowest BCUT2D eigenvalue weighted by Crippen LogP contribution is -2.15. The van der Waals surface area contributed by atoms with Crippen LogP contribution < -0.4 is 5.32 Å². The zero-order chi connectivity index (χ0) is 14.7. The fourth-order valence-corrected chi connectivity index (χ4v) is 2.37. The lowest BCUT2D eigenvalue weighted by Gasteiger charge is -2.09. The monoisotopic (exact) mass is 331 g/mol. The zero-order valence-corrected chi connectivity index (χ0v) is 13.5. The van der Waals surface area contributed by atoms with Crippen molar-refractivity contribution in [1.82, 2.24) is 0 Å². The van der Waals surface area contributed by atoms with Crippen LogP contribution in [0.25, 0.3) is 0 Å². The number of carbonyl (C=O) groups excluding carboxylic acids is 1. The molecule has 0 aliphatic heterocycles. The molecular formula is C17H18BrNO. The van der Waals surface area contributed by atoms with Gasteiger partial charge in [-0.25, -0.2) is 0 Å². The Labute approximate surface area is 128 Å². The summed E-state index contributed by atoms with van der Waals surface area (Å²) in [5.41, 5.74) is 5.44. The predicted octanol–water partition coefficient (Wildman–Crippen LogP) is 4.56. The molecule has 0 atom stereocenters. The summed E-state index contributed by atoms with van der Waals surface area (Å²) in [5.74, 6) is -0.000414. The van der Waals surface area contributed by atoms with Crippen molar-refractivity contribution in [2.45, 2.75) is 27.2 Å². The molecule has 0 aliphatic carbocycles. The second kappa shape index (κ2) is 6.23. The maximum Gasteiger partial charge on any atom is 0.228 e. The van der Waals surface area contributed by atoms with Gasteiger partial charge in [0.2, 0.25) is 5.91 Å². The fourth-order valence-electron chi connectivity index (χ4n) is 2.03. The standard InChI is InChI=1S/C17H18BrNO/c1-11-4-7-15(18)16(8-11)19-17(20)10-14-6-5-12(2)13(3)9-14/h4-9H,10H2,1-3H3,(H,19,20). The highest BCUT2D eigenvalue weighted by atomic mass is 79.9. The van der Waals surface area contributed by atoms with Crippen LogP contribution in [0.15, 0.2) is 40.9 Å². The highest BCUT2D eigenvalue weighted by Crippen LogP contribution is 2.23. The van der Waals surface area contributed by atoms with Crippen molar-refractivity contribution in [1.29, 1.82) is 0 Å². The van der Waals surface area contributed by atoms with Crippen molar-refractivity contribution in [2.24, 2.45) is 0 Å². The molecule has 104 valence electrons. The topological polar surface area (TPSA) is 29.1 Å². The highest BCUT2D eigenvalue weighted by molar-refractivity contribution is 9.10. The van der Waals surface area contributed by atoms with Gasteiger partial charge >= 0.3 is 0 Å². The molecule has 0 radical (unpaired) electrons. The van der Waals surface area contributed by atoms with E-state index in [1.54, 1.807) is 0 Å². The Bertz CT molecular complexity index is 649. The maximum atomic E-state index is 12.1. The van der Waals surface area contributed by atoms with Crippen molar-refractivity contribution < 1.29 is 4.79 Å².